The summed E-state index contributed by atoms with van der Waals surface area (Å²) in [7, 11) is -3.59. The normalized spacial score (nSPS) is 13.4. The Morgan fingerprint density at radius 2 is 2.00 bits per heavy atom. The molecule has 0 aliphatic rings. The van der Waals surface area contributed by atoms with Gasteiger partial charge in [0.25, 0.3) is 10.0 Å². The first-order valence-electron chi connectivity index (χ1n) is 5.27. The second-order valence-corrected chi connectivity index (χ2v) is 8.30. The van der Waals surface area contributed by atoms with Crippen LogP contribution in [-0.2, 0) is 10.0 Å². The molecule has 0 unspecified atom stereocenters. The first kappa shape index (κ1) is 14.9. The Hall–Kier alpha value is -0.470. The Balaban J connectivity index is 2.18. The third-order valence-electron chi connectivity index (χ3n) is 2.42. The molecule has 102 valence electrons. The molecule has 8 heteroatoms. The zero-order valence-corrected chi connectivity index (χ0v) is 13.8. The zero-order valence-electron chi connectivity index (χ0n) is 9.80. The van der Waals surface area contributed by atoms with Crippen molar-refractivity contribution >= 4 is 48.9 Å². The second-order valence-electron chi connectivity index (χ2n) is 3.83. The van der Waals surface area contributed by atoms with E-state index in [0.717, 1.165) is 21.4 Å². The number of rotatable bonds is 4. The molecule has 19 heavy (non-hydrogen) atoms. The molecule has 1 aromatic carbocycles. The topological polar surface area (TPSA) is 59.1 Å². The van der Waals surface area contributed by atoms with Crippen LogP contribution in [-0.4, -0.2) is 13.4 Å². The van der Waals surface area contributed by atoms with Crippen LogP contribution in [0, 0.1) is 0 Å². The van der Waals surface area contributed by atoms with Gasteiger partial charge in [-0.3, -0.25) is 0 Å². The maximum atomic E-state index is 12.1. The Morgan fingerprint density at radius 3 is 2.53 bits per heavy atom. The van der Waals surface area contributed by atoms with Crippen molar-refractivity contribution in [1.82, 2.24) is 9.71 Å². The fraction of sp³-hybridized carbons (Fsp3) is 0.182. The molecule has 0 amide bonds. The lowest BCUT2D eigenvalue weighted by atomic mass is 10.1. The molecular weight excluding hydrogens is 372 g/mol. The lowest BCUT2D eigenvalue weighted by Gasteiger charge is -2.13. The highest BCUT2D eigenvalue weighted by Gasteiger charge is 2.20. The van der Waals surface area contributed by atoms with E-state index in [1.807, 2.05) is 24.3 Å². The molecule has 0 spiro atoms. The molecule has 0 bridgehead atoms. The predicted molar refractivity (Wildman–Crippen MR) is 80.0 cm³/mol. The molecule has 4 nitrogen and oxygen atoms in total. The van der Waals surface area contributed by atoms with Gasteiger partial charge in [0.05, 0.1) is 6.20 Å². The van der Waals surface area contributed by atoms with Gasteiger partial charge < -0.3 is 0 Å². The van der Waals surface area contributed by atoms with Crippen LogP contribution in [0.5, 0.6) is 0 Å². The molecule has 0 saturated heterocycles. The first-order valence-corrected chi connectivity index (χ1v) is 8.74. The molecule has 1 aromatic heterocycles. The maximum Gasteiger partial charge on any atom is 0.252 e. The molecule has 2 aromatic rings. The largest absolute Gasteiger partial charge is 0.252 e. The number of nitrogens with one attached hydrogen (secondary N) is 1. The van der Waals surface area contributed by atoms with Gasteiger partial charge in [0.2, 0.25) is 0 Å². The van der Waals surface area contributed by atoms with E-state index in [1.54, 1.807) is 6.92 Å². The molecule has 0 radical (unpaired) electrons. The third kappa shape index (κ3) is 3.76. The molecule has 1 atom stereocenters. The van der Waals surface area contributed by atoms with Crippen molar-refractivity contribution < 1.29 is 8.42 Å². The van der Waals surface area contributed by atoms with Crippen molar-refractivity contribution in [1.29, 1.82) is 0 Å². The molecule has 2 rings (SSSR count). The van der Waals surface area contributed by atoms with Gasteiger partial charge in [0, 0.05) is 10.5 Å². The van der Waals surface area contributed by atoms with Crippen molar-refractivity contribution in [2.45, 2.75) is 17.2 Å². The highest BCUT2D eigenvalue weighted by Crippen LogP contribution is 2.24. The molecule has 0 saturated carbocycles. The lowest BCUT2D eigenvalue weighted by molar-refractivity contribution is 0.569. The maximum absolute atomic E-state index is 12.1. The number of aromatic nitrogens is 1. The Kier molecular flexibility index (Phi) is 4.62. The van der Waals surface area contributed by atoms with Crippen molar-refractivity contribution in [3.63, 3.8) is 0 Å². The van der Waals surface area contributed by atoms with Gasteiger partial charge in [-0.1, -0.05) is 51.0 Å². The minimum absolute atomic E-state index is 0.112. The lowest BCUT2D eigenvalue weighted by Crippen LogP contribution is -2.26. The number of sulfonamides is 1. The van der Waals surface area contributed by atoms with Crippen molar-refractivity contribution in [2.75, 3.05) is 0 Å². The van der Waals surface area contributed by atoms with E-state index >= 15 is 0 Å². The van der Waals surface area contributed by atoms with Gasteiger partial charge >= 0.3 is 0 Å². The molecule has 0 aliphatic heterocycles. The van der Waals surface area contributed by atoms with Crippen molar-refractivity contribution in [3.8, 4) is 0 Å². The van der Waals surface area contributed by atoms with E-state index in [0.29, 0.717) is 0 Å². The van der Waals surface area contributed by atoms with E-state index in [9.17, 15) is 8.42 Å². The smallest absolute Gasteiger partial charge is 0.232 e. The summed E-state index contributed by atoms with van der Waals surface area (Å²) in [6, 6.07) is 7.11. The van der Waals surface area contributed by atoms with E-state index < -0.39 is 10.0 Å². The number of hydrogen-bond donors (Lipinski definition) is 1. The predicted octanol–water partition coefficient (Wildman–Crippen LogP) is 3.60. The summed E-state index contributed by atoms with van der Waals surface area (Å²) in [6.45, 7) is 1.78. The standard InChI is InChI=1S/C11H10BrClN2O2S2/c1-7(8-2-4-9(12)5-3-8)15-19(16,17)10-6-14-11(13)18-10/h2-7,15H,1H3/t7-/m0/s1. The van der Waals surface area contributed by atoms with Gasteiger partial charge in [-0.2, -0.15) is 0 Å². The van der Waals surface area contributed by atoms with Gasteiger partial charge in [-0.15, -0.1) is 0 Å². The summed E-state index contributed by atoms with van der Waals surface area (Å²) in [5.41, 5.74) is 0.877. The Morgan fingerprint density at radius 1 is 1.37 bits per heavy atom. The molecule has 1 N–H and O–H groups in total. The van der Waals surface area contributed by atoms with Crippen LogP contribution in [0.25, 0.3) is 0 Å². The van der Waals surface area contributed by atoms with E-state index in [-0.39, 0.29) is 14.7 Å². The highest BCUT2D eigenvalue weighted by molar-refractivity contribution is 9.10. The molecule has 0 aliphatic carbocycles. The summed E-state index contributed by atoms with van der Waals surface area (Å²) in [5.74, 6) is 0. The quantitative estimate of drug-likeness (QED) is 0.880. The van der Waals surface area contributed by atoms with E-state index in [4.69, 9.17) is 11.6 Å². The fourth-order valence-corrected chi connectivity index (χ4v) is 4.28. The van der Waals surface area contributed by atoms with Crippen LogP contribution in [0.3, 0.4) is 0 Å². The number of thiazole rings is 1. The van der Waals surface area contributed by atoms with Crippen molar-refractivity contribution in [2.24, 2.45) is 0 Å². The minimum atomic E-state index is -3.59. The number of benzene rings is 1. The third-order valence-corrected chi connectivity index (χ3v) is 6.07. The van der Waals surface area contributed by atoms with Gasteiger partial charge in [-0.05, 0) is 24.6 Å². The zero-order chi connectivity index (χ0) is 14.0. The average Bonchev–Trinajstić information content (AvgIpc) is 2.77. The van der Waals surface area contributed by atoms with Gasteiger partial charge in [0.15, 0.2) is 8.68 Å². The van der Waals surface area contributed by atoms with Crippen LogP contribution in [0.2, 0.25) is 4.47 Å². The number of hydrogen-bond acceptors (Lipinski definition) is 4. The summed E-state index contributed by atoms with van der Waals surface area (Å²) in [4.78, 5) is 3.73. The SMILES string of the molecule is C[C@H](NS(=O)(=O)c1cnc(Cl)s1)c1ccc(Br)cc1. The number of halogens is 2. The van der Waals surface area contributed by atoms with Crippen LogP contribution in [0.15, 0.2) is 39.1 Å². The van der Waals surface area contributed by atoms with Crippen LogP contribution in [0.4, 0.5) is 0 Å². The fourth-order valence-electron chi connectivity index (χ4n) is 1.47. The molecule has 1 heterocycles. The van der Waals surface area contributed by atoms with Crippen LogP contribution >= 0.6 is 38.9 Å². The summed E-state index contributed by atoms with van der Waals surface area (Å²) >= 11 is 9.91. The van der Waals surface area contributed by atoms with Gasteiger partial charge in [0.1, 0.15) is 0 Å². The summed E-state index contributed by atoms with van der Waals surface area (Å²) < 4.78 is 28.0. The number of nitrogens with zero attached hydrogens (tertiary/aromatic N) is 1. The second kappa shape index (κ2) is 5.88. The minimum Gasteiger partial charge on any atom is -0.232 e. The van der Waals surface area contributed by atoms with E-state index in [2.05, 4.69) is 25.6 Å². The highest BCUT2D eigenvalue weighted by atomic mass is 79.9. The van der Waals surface area contributed by atoms with Crippen LogP contribution < -0.4 is 4.72 Å². The summed E-state index contributed by atoms with van der Waals surface area (Å²) in [6.07, 6.45) is 1.25. The monoisotopic (exact) mass is 380 g/mol. The van der Waals surface area contributed by atoms with Crippen LogP contribution in [0.1, 0.15) is 18.5 Å². The molecule has 0 fully saturated rings. The van der Waals surface area contributed by atoms with Gasteiger partial charge in [-0.25, -0.2) is 18.1 Å². The van der Waals surface area contributed by atoms with E-state index in [1.165, 1.54) is 6.20 Å². The first-order chi connectivity index (χ1) is 8.88. The summed E-state index contributed by atoms with van der Waals surface area (Å²) in [5, 5.41) is 0. The Bertz CT molecular complexity index is 670. The Labute approximate surface area is 129 Å². The molecular formula is C11H10BrClN2O2S2. The average molecular weight is 382 g/mol. The van der Waals surface area contributed by atoms with Crippen molar-refractivity contribution in [3.05, 3.63) is 45.0 Å².